The number of sulfonamides is 1. The van der Waals surface area contributed by atoms with E-state index in [9.17, 15) is 22.0 Å². The Morgan fingerprint density at radius 2 is 1.97 bits per heavy atom. The minimum Gasteiger partial charge on any atom is -0.471 e. The summed E-state index contributed by atoms with van der Waals surface area (Å²) in [6, 6.07) is 8.37. The first-order valence-corrected chi connectivity index (χ1v) is 11.8. The summed E-state index contributed by atoms with van der Waals surface area (Å²) >= 11 is 6.11. The highest BCUT2D eigenvalue weighted by molar-refractivity contribution is 7.92. The fraction of sp³-hybridized carbons (Fsp3) is 0.238. The lowest BCUT2D eigenvalue weighted by Crippen LogP contribution is -2.27. The average Bonchev–Trinajstić information content (AvgIpc) is 3.16. The first-order chi connectivity index (χ1) is 15.1. The molecule has 0 aliphatic carbocycles. The van der Waals surface area contributed by atoms with Crippen molar-refractivity contribution >= 4 is 27.3 Å². The highest BCUT2D eigenvalue weighted by atomic mass is 35.5. The molecule has 168 valence electrons. The lowest BCUT2D eigenvalue weighted by molar-refractivity contribution is 0.286. The van der Waals surface area contributed by atoms with Crippen LogP contribution in [0.1, 0.15) is 16.7 Å². The number of hydrogen-bond donors (Lipinski definition) is 0. The van der Waals surface area contributed by atoms with E-state index in [1.54, 1.807) is 12.1 Å². The van der Waals surface area contributed by atoms with Gasteiger partial charge in [-0.1, -0.05) is 23.7 Å². The van der Waals surface area contributed by atoms with Gasteiger partial charge in [0.1, 0.15) is 24.6 Å². The van der Waals surface area contributed by atoms with Crippen LogP contribution in [0.3, 0.4) is 0 Å². The molecule has 0 N–H and O–H groups in total. The number of benzene rings is 2. The van der Waals surface area contributed by atoms with Gasteiger partial charge in [0, 0.05) is 18.2 Å². The van der Waals surface area contributed by atoms with Crippen LogP contribution in [0.5, 0.6) is 5.88 Å². The minimum atomic E-state index is -3.34. The van der Waals surface area contributed by atoms with Gasteiger partial charge in [-0.3, -0.25) is 13.7 Å². The summed E-state index contributed by atoms with van der Waals surface area (Å²) in [5.41, 5.74) is 1.84. The summed E-state index contributed by atoms with van der Waals surface area (Å²) in [7, 11) is -3.34. The largest absolute Gasteiger partial charge is 0.471 e. The van der Waals surface area contributed by atoms with E-state index in [1.165, 1.54) is 21.3 Å². The maximum Gasteiger partial charge on any atom is 0.276 e. The first-order valence-electron chi connectivity index (χ1n) is 9.54. The van der Waals surface area contributed by atoms with Gasteiger partial charge in [-0.15, -0.1) is 0 Å². The molecule has 0 unspecified atom stereocenters. The third kappa shape index (κ3) is 4.46. The summed E-state index contributed by atoms with van der Waals surface area (Å²) in [4.78, 5) is 16.7. The van der Waals surface area contributed by atoms with E-state index in [0.29, 0.717) is 18.7 Å². The molecule has 11 heteroatoms. The van der Waals surface area contributed by atoms with Crippen molar-refractivity contribution in [2.45, 2.75) is 19.6 Å². The van der Waals surface area contributed by atoms with Gasteiger partial charge in [-0.05, 0) is 35.7 Å². The van der Waals surface area contributed by atoms with Crippen LogP contribution in [0.4, 0.5) is 14.5 Å². The highest BCUT2D eigenvalue weighted by Crippen LogP contribution is 2.31. The molecule has 0 radical (unpaired) electrons. The van der Waals surface area contributed by atoms with Gasteiger partial charge in [-0.2, -0.15) is 0 Å². The second-order valence-corrected chi connectivity index (χ2v) is 9.65. The van der Waals surface area contributed by atoms with Crippen LogP contribution in [0.15, 0.2) is 47.5 Å². The number of aromatic nitrogens is 2. The van der Waals surface area contributed by atoms with Crippen molar-refractivity contribution in [1.29, 1.82) is 0 Å². The molecule has 0 fully saturated rings. The zero-order valence-electron chi connectivity index (χ0n) is 16.9. The molecular formula is C21H18ClF2N3O4S. The molecular weight excluding hydrogens is 464 g/mol. The van der Waals surface area contributed by atoms with E-state index < -0.39 is 27.2 Å². The van der Waals surface area contributed by atoms with Crippen molar-refractivity contribution in [1.82, 2.24) is 9.55 Å². The number of anilines is 1. The Morgan fingerprint density at radius 3 is 2.69 bits per heavy atom. The average molecular weight is 482 g/mol. The van der Waals surface area contributed by atoms with Gasteiger partial charge in [0.05, 0.1) is 18.5 Å². The van der Waals surface area contributed by atoms with E-state index >= 15 is 0 Å². The number of hydrogen-bond acceptors (Lipinski definition) is 5. The van der Waals surface area contributed by atoms with Crippen molar-refractivity contribution in [2.24, 2.45) is 0 Å². The molecule has 1 aliphatic rings. The van der Waals surface area contributed by atoms with E-state index in [-0.39, 0.29) is 29.6 Å². The van der Waals surface area contributed by atoms with Crippen molar-refractivity contribution in [3.8, 4) is 5.88 Å². The lowest BCUT2D eigenvalue weighted by Gasteiger charge is -2.16. The molecule has 1 aliphatic heterocycles. The molecule has 0 saturated carbocycles. The van der Waals surface area contributed by atoms with Crippen LogP contribution < -0.4 is 14.6 Å². The Kier molecular flexibility index (Phi) is 5.91. The summed E-state index contributed by atoms with van der Waals surface area (Å²) in [6.07, 6.45) is 3.01. The molecule has 0 bridgehead atoms. The van der Waals surface area contributed by atoms with Crippen LogP contribution in [0.2, 0.25) is 5.02 Å². The van der Waals surface area contributed by atoms with Gasteiger partial charge >= 0.3 is 0 Å². The van der Waals surface area contributed by atoms with Gasteiger partial charge in [0.2, 0.25) is 15.9 Å². The Bertz CT molecular complexity index is 1360. The van der Waals surface area contributed by atoms with Gasteiger partial charge in [-0.25, -0.2) is 22.2 Å². The smallest absolute Gasteiger partial charge is 0.276 e. The number of halogens is 3. The molecule has 0 spiro atoms. The molecule has 7 nitrogen and oxygen atoms in total. The molecule has 0 saturated heterocycles. The van der Waals surface area contributed by atoms with Crippen molar-refractivity contribution in [2.75, 3.05) is 17.1 Å². The topological polar surface area (TPSA) is 81.5 Å². The number of fused-ring (bicyclic) bond motifs is 1. The van der Waals surface area contributed by atoms with Crippen LogP contribution in [-0.4, -0.2) is 30.8 Å². The maximum absolute atomic E-state index is 13.7. The zero-order valence-corrected chi connectivity index (χ0v) is 18.5. The molecule has 0 amide bonds. The summed E-state index contributed by atoms with van der Waals surface area (Å²) < 4.78 is 58.5. The van der Waals surface area contributed by atoms with Crippen molar-refractivity contribution in [3.63, 3.8) is 0 Å². The predicted molar refractivity (Wildman–Crippen MR) is 116 cm³/mol. The Labute approximate surface area is 187 Å². The second kappa shape index (κ2) is 8.51. The normalized spacial score (nSPS) is 13.3. The Balaban J connectivity index is 1.51. The summed E-state index contributed by atoms with van der Waals surface area (Å²) in [6.45, 7) is 0.278. The maximum atomic E-state index is 13.7. The fourth-order valence-electron chi connectivity index (χ4n) is 3.51. The molecule has 4 rings (SSSR count). The van der Waals surface area contributed by atoms with Crippen molar-refractivity contribution in [3.05, 3.63) is 86.4 Å². The molecule has 2 aromatic carbocycles. The van der Waals surface area contributed by atoms with E-state index in [0.717, 1.165) is 29.5 Å². The van der Waals surface area contributed by atoms with Crippen LogP contribution >= 0.6 is 11.6 Å². The molecule has 2 heterocycles. The van der Waals surface area contributed by atoms with Gasteiger partial charge < -0.3 is 4.74 Å². The quantitative estimate of drug-likeness (QED) is 0.540. The third-order valence-electron chi connectivity index (χ3n) is 5.08. The standard InChI is InChI=1S/C21H18ClF2N3O4S/c1-32(29,30)27-7-6-14-8-13(2-5-18(14)27)10-26-12-25-20(19(22)21(26)28)31-11-15-3-4-16(23)9-17(15)24/h2-5,8-9,12H,6-7,10-11H2,1H3. The second-order valence-electron chi connectivity index (χ2n) is 7.37. The molecule has 32 heavy (non-hydrogen) atoms. The number of rotatable bonds is 6. The van der Waals surface area contributed by atoms with E-state index in [4.69, 9.17) is 16.3 Å². The van der Waals surface area contributed by atoms with Gasteiger partial charge in [0.25, 0.3) is 5.56 Å². The van der Waals surface area contributed by atoms with E-state index in [2.05, 4.69) is 4.98 Å². The van der Waals surface area contributed by atoms with Crippen molar-refractivity contribution < 1.29 is 21.9 Å². The van der Waals surface area contributed by atoms with Crippen LogP contribution in [0, 0.1) is 11.6 Å². The SMILES string of the molecule is CS(=O)(=O)N1CCc2cc(Cn3cnc(OCc4ccc(F)cc4F)c(Cl)c3=O)ccc21. The first kappa shape index (κ1) is 22.2. The fourth-order valence-corrected chi connectivity index (χ4v) is 4.68. The zero-order chi connectivity index (χ0) is 23.0. The summed E-state index contributed by atoms with van der Waals surface area (Å²) in [5, 5.41) is -0.264. The van der Waals surface area contributed by atoms with Crippen LogP contribution in [0.25, 0.3) is 0 Å². The monoisotopic (exact) mass is 481 g/mol. The predicted octanol–water partition coefficient (Wildman–Crippen LogP) is 3.12. The lowest BCUT2D eigenvalue weighted by atomic mass is 10.1. The Hall–Kier alpha value is -2.98. The van der Waals surface area contributed by atoms with Gasteiger partial charge in [0.15, 0.2) is 5.02 Å². The molecule has 0 atom stereocenters. The molecule has 1 aromatic heterocycles. The minimum absolute atomic E-state index is 0.0923. The number of ether oxygens (including phenoxy) is 1. The third-order valence-corrected chi connectivity index (χ3v) is 6.58. The highest BCUT2D eigenvalue weighted by Gasteiger charge is 2.26. The molecule has 3 aromatic rings. The van der Waals surface area contributed by atoms with E-state index in [1.807, 2.05) is 6.07 Å². The van der Waals surface area contributed by atoms with Crippen LogP contribution in [-0.2, 0) is 29.6 Å². The number of nitrogens with zero attached hydrogens (tertiary/aromatic N) is 3. The Morgan fingerprint density at radius 1 is 1.19 bits per heavy atom. The summed E-state index contributed by atoms with van der Waals surface area (Å²) in [5.74, 6) is -1.64.